The lowest BCUT2D eigenvalue weighted by molar-refractivity contribution is 0.351. The van der Waals surface area contributed by atoms with Crippen molar-refractivity contribution in [1.82, 2.24) is 15.0 Å². The standard InChI is InChI=1S/C20H22N4S/c1-20(2,3)24-19-15-10-6-5-9-14(15)13-23(25-4)17-12-8-7-11-16(17)18(19)21-22-24/h5-12H,13H2,1-4H3. The zero-order chi connectivity index (χ0) is 17.6. The molecule has 0 radical (unpaired) electrons. The molecule has 4 nitrogen and oxygen atoms in total. The first kappa shape index (κ1) is 16.2. The van der Waals surface area contributed by atoms with E-state index in [1.807, 2.05) is 0 Å². The minimum Gasteiger partial charge on any atom is -0.311 e. The highest BCUT2D eigenvalue weighted by atomic mass is 32.2. The molecular formula is C20H22N4S. The van der Waals surface area contributed by atoms with E-state index in [9.17, 15) is 0 Å². The fourth-order valence-electron chi connectivity index (χ4n) is 3.36. The molecule has 0 aliphatic carbocycles. The van der Waals surface area contributed by atoms with Crippen molar-refractivity contribution in [2.45, 2.75) is 32.9 Å². The molecule has 3 aromatic rings. The van der Waals surface area contributed by atoms with E-state index >= 15 is 0 Å². The first-order chi connectivity index (χ1) is 12.0. The molecule has 4 rings (SSSR count). The SMILES string of the molecule is CSN1Cc2ccccc2-c2c(nnn2C(C)(C)C)-c2ccccc21. The van der Waals surface area contributed by atoms with E-state index in [1.165, 1.54) is 16.8 Å². The molecule has 5 heteroatoms. The molecule has 1 aliphatic rings. The molecular weight excluding hydrogens is 328 g/mol. The largest absolute Gasteiger partial charge is 0.311 e. The van der Waals surface area contributed by atoms with Crippen LogP contribution in [-0.2, 0) is 12.1 Å². The Morgan fingerprint density at radius 2 is 1.64 bits per heavy atom. The molecule has 2 heterocycles. The number of hydrogen-bond acceptors (Lipinski definition) is 4. The number of hydrogen-bond donors (Lipinski definition) is 0. The fourth-order valence-corrected chi connectivity index (χ4v) is 3.98. The summed E-state index contributed by atoms with van der Waals surface area (Å²) in [6.07, 6.45) is 2.12. The number of anilines is 1. The van der Waals surface area contributed by atoms with Gasteiger partial charge in [-0.1, -0.05) is 59.6 Å². The van der Waals surface area contributed by atoms with E-state index in [0.717, 1.165) is 23.5 Å². The molecule has 0 amide bonds. The lowest BCUT2D eigenvalue weighted by Crippen LogP contribution is -2.25. The van der Waals surface area contributed by atoms with Gasteiger partial charge in [-0.3, -0.25) is 0 Å². The molecule has 0 saturated heterocycles. The normalized spacial score (nSPS) is 13.5. The number of nitrogens with zero attached hydrogens (tertiary/aromatic N) is 4. The van der Waals surface area contributed by atoms with E-state index < -0.39 is 0 Å². The van der Waals surface area contributed by atoms with Crippen molar-refractivity contribution in [2.75, 3.05) is 10.6 Å². The van der Waals surface area contributed by atoms with E-state index in [2.05, 4.69) is 94.9 Å². The van der Waals surface area contributed by atoms with Gasteiger partial charge >= 0.3 is 0 Å². The van der Waals surface area contributed by atoms with Crippen LogP contribution in [-0.4, -0.2) is 21.2 Å². The molecule has 1 aliphatic heterocycles. The third kappa shape index (κ3) is 2.63. The Morgan fingerprint density at radius 1 is 0.960 bits per heavy atom. The van der Waals surface area contributed by atoms with Gasteiger partial charge in [0.25, 0.3) is 0 Å². The van der Waals surface area contributed by atoms with Crippen molar-refractivity contribution in [2.24, 2.45) is 0 Å². The van der Waals surface area contributed by atoms with Crippen molar-refractivity contribution in [3.05, 3.63) is 54.1 Å². The highest BCUT2D eigenvalue weighted by Crippen LogP contribution is 2.43. The van der Waals surface area contributed by atoms with Crippen LogP contribution in [0.3, 0.4) is 0 Å². The maximum absolute atomic E-state index is 4.61. The van der Waals surface area contributed by atoms with E-state index in [4.69, 9.17) is 0 Å². The van der Waals surface area contributed by atoms with Gasteiger partial charge in [0.15, 0.2) is 0 Å². The molecule has 0 atom stereocenters. The average molecular weight is 350 g/mol. The Bertz CT molecular complexity index is 923. The summed E-state index contributed by atoms with van der Waals surface area (Å²) in [4.78, 5) is 0. The molecule has 128 valence electrons. The molecule has 1 aromatic heterocycles. The molecule has 0 saturated carbocycles. The third-order valence-electron chi connectivity index (χ3n) is 4.54. The van der Waals surface area contributed by atoms with Gasteiger partial charge < -0.3 is 4.31 Å². The zero-order valence-electron chi connectivity index (χ0n) is 15.0. The fraction of sp³-hybridized carbons (Fsp3) is 0.300. The molecule has 0 N–H and O–H groups in total. The van der Waals surface area contributed by atoms with Crippen LogP contribution in [0.1, 0.15) is 26.3 Å². The summed E-state index contributed by atoms with van der Waals surface area (Å²) in [5.74, 6) is 0. The monoisotopic (exact) mass is 350 g/mol. The topological polar surface area (TPSA) is 34.0 Å². The summed E-state index contributed by atoms with van der Waals surface area (Å²) < 4.78 is 4.39. The van der Waals surface area contributed by atoms with Crippen LogP contribution in [0.4, 0.5) is 5.69 Å². The predicted molar refractivity (Wildman–Crippen MR) is 106 cm³/mol. The Morgan fingerprint density at radius 3 is 2.36 bits per heavy atom. The average Bonchev–Trinajstić information content (AvgIpc) is 3.03. The van der Waals surface area contributed by atoms with Crippen LogP contribution in [0, 0.1) is 0 Å². The van der Waals surface area contributed by atoms with Gasteiger partial charge in [0.05, 0.1) is 23.5 Å². The van der Waals surface area contributed by atoms with Crippen molar-refractivity contribution >= 4 is 17.6 Å². The minimum atomic E-state index is -0.138. The van der Waals surface area contributed by atoms with Crippen LogP contribution in [0.2, 0.25) is 0 Å². The molecule has 25 heavy (non-hydrogen) atoms. The van der Waals surface area contributed by atoms with Crippen LogP contribution in [0.25, 0.3) is 22.5 Å². The van der Waals surface area contributed by atoms with Gasteiger partial charge in [-0.2, -0.15) is 0 Å². The number of benzene rings is 2. The number of aromatic nitrogens is 3. The Kier molecular flexibility index (Phi) is 3.84. The van der Waals surface area contributed by atoms with Crippen LogP contribution >= 0.6 is 11.9 Å². The van der Waals surface area contributed by atoms with E-state index in [-0.39, 0.29) is 5.54 Å². The highest BCUT2D eigenvalue weighted by molar-refractivity contribution is 7.99. The van der Waals surface area contributed by atoms with Crippen LogP contribution < -0.4 is 4.31 Å². The molecule has 0 fully saturated rings. The summed E-state index contributed by atoms with van der Waals surface area (Å²) in [6, 6.07) is 17.1. The van der Waals surface area contributed by atoms with Gasteiger partial charge in [0, 0.05) is 17.4 Å². The molecule has 0 bridgehead atoms. The smallest absolute Gasteiger partial charge is 0.123 e. The molecule has 0 unspecified atom stereocenters. The minimum absolute atomic E-state index is 0.138. The second-order valence-corrected chi connectivity index (χ2v) is 8.07. The van der Waals surface area contributed by atoms with Gasteiger partial charge in [-0.25, -0.2) is 4.68 Å². The highest BCUT2D eigenvalue weighted by Gasteiger charge is 2.29. The van der Waals surface area contributed by atoms with Gasteiger partial charge in [0.2, 0.25) is 0 Å². The first-order valence-electron chi connectivity index (χ1n) is 8.46. The Hall–Kier alpha value is -2.27. The molecule has 2 aromatic carbocycles. The Balaban J connectivity index is 2.10. The second kappa shape index (κ2) is 5.92. The summed E-state index contributed by atoms with van der Waals surface area (Å²) in [5, 5.41) is 9.15. The van der Waals surface area contributed by atoms with E-state index in [1.54, 1.807) is 11.9 Å². The second-order valence-electron chi connectivity index (χ2n) is 7.26. The van der Waals surface area contributed by atoms with Crippen molar-refractivity contribution < 1.29 is 0 Å². The first-order valence-corrected chi connectivity index (χ1v) is 9.64. The summed E-state index contributed by atoms with van der Waals surface area (Å²) >= 11 is 1.74. The lowest BCUT2D eigenvalue weighted by atomic mass is 9.95. The summed E-state index contributed by atoms with van der Waals surface area (Å²) in [7, 11) is 0. The predicted octanol–water partition coefficient (Wildman–Crippen LogP) is 4.97. The number of para-hydroxylation sites is 1. The number of fused-ring (bicyclic) bond motifs is 5. The zero-order valence-corrected chi connectivity index (χ0v) is 15.8. The van der Waals surface area contributed by atoms with Crippen LogP contribution in [0.5, 0.6) is 0 Å². The van der Waals surface area contributed by atoms with Crippen molar-refractivity contribution in [3.63, 3.8) is 0 Å². The maximum atomic E-state index is 4.61. The van der Waals surface area contributed by atoms with E-state index in [0.29, 0.717) is 0 Å². The van der Waals surface area contributed by atoms with Gasteiger partial charge in [-0.05, 0) is 32.4 Å². The van der Waals surface area contributed by atoms with Crippen LogP contribution in [0.15, 0.2) is 48.5 Å². The Labute approximate surface area is 153 Å². The summed E-state index contributed by atoms with van der Waals surface area (Å²) in [6.45, 7) is 7.36. The molecule has 0 spiro atoms. The number of rotatable bonds is 1. The van der Waals surface area contributed by atoms with Crippen molar-refractivity contribution in [3.8, 4) is 22.5 Å². The van der Waals surface area contributed by atoms with Gasteiger partial charge in [0.1, 0.15) is 5.69 Å². The third-order valence-corrected chi connectivity index (χ3v) is 5.31. The lowest BCUT2D eigenvalue weighted by Gasteiger charge is -2.29. The van der Waals surface area contributed by atoms with Crippen molar-refractivity contribution in [1.29, 1.82) is 0 Å². The summed E-state index contributed by atoms with van der Waals surface area (Å²) in [5.41, 5.74) is 6.75. The quantitative estimate of drug-likeness (QED) is 0.581. The maximum Gasteiger partial charge on any atom is 0.123 e. The van der Waals surface area contributed by atoms with Gasteiger partial charge in [-0.15, -0.1) is 5.10 Å².